The number of thiophene rings is 1. The zero-order valence-electron chi connectivity index (χ0n) is 9.15. The molecule has 0 atom stereocenters. The molecule has 0 spiro atoms. The van der Waals surface area contributed by atoms with Gasteiger partial charge in [-0.05, 0) is 11.4 Å². The van der Waals surface area contributed by atoms with Crippen LogP contribution in [0.5, 0.6) is 0 Å². The van der Waals surface area contributed by atoms with Crippen LogP contribution in [0.3, 0.4) is 0 Å². The molecule has 0 radical (unpaired) electrons. The van der Waals surface area contributed by atoms with Gasteiger partial charge in [-0.15, -0.1) is 5.10 Å². The minimum Gasteiger partial charge on any atom is -0.334 e. The van der Waals surface area contributed by atoms with Crippen LogP contribution in [-0.2, 0) is 11.9 Å². The van der Waals surface area contributed by atoms with E-state index in [1.165, 1.54) is 0 Å². The fourth-order valence-corrected chi connectivity index (χ4v) is 2.33. The van der Waals surface area contributed by atoms with E-state index < -0.39 is 0 Å². The molecule has 6 nitrogen and oxygen atoms in total. The number of aromatic nitrogens is 5. The highest BCUT2D eigenvalue weighted by atomic mass is 79.9. The number of hydrogen-bond acceptors (Lipinski definition) is 6. The Morgan fingerprint density at radius 1 is 1.44 bits per heavy atom. The quantitative estimate of drug-likeness (QED) is 0.688. The third-order valence-electron chi connectivity index (χ3n) is 2.26. The van der Waals surface area contributed by atoms with Crippen LogP contribution in [0.25, 0.3) is 11.5 Å². The van der Waals surface area contributed by atoms with Crippen LogP contribution in [0.15, 0.2) is 27.5 Å². The molecule has 0 fully saturated rings. The Morgan fingerprint density at radius 3 is 3.11 bits per heavy atom. The average Bonchev–Trinajstić information content (AvgIpc) is 3.10. The minimum absolute atomic E-state index is 0.452. The molecule has 0 aliphatic rings. The average molecular weight is 326 g/mol. The molecule has 3 heterocycles. The van der Waals surface area contributed by atoms with Crippen LogP contribution in [0.4, 0.5) is 0 Å². The van der Waals surface area contributed by atoms with E-state index >= 15 is 0 Å². The summed E-state index contributed by atoms with van der Waals surface area (Å²) in [6, 6.07) is 1.94. The van der Waals surface area contributed by atoms with E-state index in [1.807, 2.05) is 23.0 Å². The summed E-state index contributed by atoms with van der Waals surface area (Å²) in [5, 5.41) is 16.5. The highest BCUT2D eigenvalue weighted by molar-refractivity contribution is 9.08. The minimum atomic E-state index is 0.452. The molecule has 3 aromatic heterocycles. The molecule has 0 aliphatic heterocycles. The van der Waals surface area contributed by atoms with E-state index in [2.05, 4.69) is 36.4 Å². The number of hydrogen-bond donors (Lipinski definition) is 0. The topological polar surface area (TPSA) is 69.6 Å². The van der Waals surface area contributed by atoms with Crippen molar-refractivity contribution in [2.24, 2.45) is 0 Å². The molecule has 3 rings (SSSR count). The largest absolute Gasteiger partial charge is 0.334 e. The summed E-state index contributed by atoms with van der Waals surface area (Å²) >= 11 is 4.92. The Kier molecular flexibility index (Phi) is 3.20. The van der Waals surface area contributed by atoms with Crippen LogP contribution in [0.1, 0.15) is 11.5 Å². The van der Waals surface area contributed by atoms with Gasteiger partial charge in [-0.1, -0.05) is 26.3 Å². The van der Waals surface area contributed by atoms with Gasteiger partial charge in [0.15, 0.2) is 5.82 Å². The van der Waals surface area contributed by atoms with E-state index in [4.69, 9.17) is 4.52 Å². The number of nitrogens with zero attached hydrogens (tertiary/aromatic N) is 5. The molecule has 0 unspecified atom stereocenters. The summed E-state index contributed by atoms with van der Waals surface area (Å²) < 4.78 is 6.87. The maximum atomic E-state index is 5.19. The van der Waals surface area contributed by atoms with Gasteiger partial charge < -0.3 is 4.52 Å². The Morgan fingerprint density at radius 2 is 2.39 bits per heavy atom. The first-order valence-corrected chi connectivity index (χ1v) is 7.21. The molecule has 0 saturated carbocycles. The van der Waals surface area contributed by atoms with Gasteiger partial charge in [0.05, 0.1) is 11.3 Å². The van der Waals surface area contributed by atoms with Gasteiger partial charge in [-0.3, -0.25) is 0 Å². The molecule has 3 aromatic rings. The maximum absolute atomic E-state index is 5.19. The van der Waals surface area contributed by atoms with Gasteiger partial charge in [0.2, 0.25) is 0 Å². The van der Waals surface area contributed by atoms with Gasteiger partial charge in [-0.2, -0.15) is 16.3 Å². The van der Waals surface area contributed by atoms with Gasteiger partial charge in [0.25, 0.3) is 5.89 Å². The fraction of sp³-hybridized carbons (Fsp3) is 0.200. The highest BCUT2D eigenvalue weighted by Crippen LogP contribution is 2.19. The van der Waals surface area contributed by atoms with E-state index in [0.29, 0.717) is 23.6 Å². The molecule has 0 bridgehead atoms. The summed E-state index contributed by atoms with van der Waals surface area (Å²) in [4.78, 5) is 4.31. The summed E-state index contributed by atoms with van der Waals surface area (Å²) in [5.74, 6) is 1.12. The zero-order valence-corrected chi connectivity index (χ0v) is 11.6. The normalized spacial score (nSPS) is 10.9. The molecule has 0 saturated heterocycles. The van der Waals surface area contributed by atoms with Crippen LogP contribution >= 0.6 is 27.3 Å². The molecule has 8 heteroatoms. The first-order valence-electron chi connectivity index (χ1n) is 5.15. The summed E-state index contributed by atoms with van der Waals surface area (Å²) in [6.07, 6.45) is 1.84. The highest BCUT2D eigenvalue weighted by Gasteiger charge is 2.10. The Balaban J connectivity index is 1.77. The molecule has 18 heavy (non-hydrogen) atoms. The predicted octanol–water partition coefficient (Wildman–Crippen LogP) is 2.33. The van der Waals surface area contributed by atoms with Crippen molar-refractivity contribution in [3.8, 4) is 11.5 Å². The number of rotatable bonds is 4. The standard InChI is InChI=1S/C10H8BrN5OS/c11-3-8-4-16(15-13-8)5-9-12-10(17-14-9)7-1-2-18-6-7/h1-2,4,6H,3,5H2. The van der Waals surface area contributed by atoms with E-state index in [9.17, 15) is 0 Å². The van der Waals surface area contributed by atoms with Crippen molar-refractivity contribution in [1.82, 2.24) is 25.1 Å². The molecular formula is C10H8BrN5OS. The van der Waals surface area contributed by atoms with Gasteiger partial charge in [0, 0.05) is 16.9 Å². The first kappa shape index (κ1) is 11.5. The molecular weight excluding hydrogens is 318 g/mol. The summed E-state index contributed by atoms with van der Waals surface area (Å²) in [7, 11) is 0. The second-order valence-corrected chi connectivity index (χ2v) is 4.91. The van der Waals surface area contributed by atoms with Crippen molar-refractivity contribution in [2.75, 3.05) is 0 Å². The second-order valence-electron chi connectivity index (χ2n) is 3.57. The van der Waals surface area contributed by atoms with Crippen LogP contribution < -0.4 is 0 Å². The SMILES string of the molecule is BrCc1cn(Cc2noc(-c3ccsc3)n2)nn1. The Labute approximate surface area is 115 Å². The third-order valence-corrected chi connectivity index (χ3v) is 3.52. The first-order chi connectivity index (χ1) is 8.85. The fourth-order valence-electron chi connectivity index (χ4n) is 1.44. The van der Waals surface area contributed by atoms with Gasteiger partial charge >= 0.3 is 0 Å². The van der Waals surface area contributed by atoms with E-state index in [0.717, 1.165) is 11.3 Å². The lowest BCUT2D eigenvalue weighted by atomic mass is 10.3. The molecule has 0 aromatic carbocycles. The van der Waals surface area contributed by atoms with Gasteiger partial charge in [-0.25, -0.2) is 4.68 Å². The van der Waals surface area contributed by atoms with Crippen LogP contribution in [-0.4, -0.2) is 25.1 Å². The predicted molar refractivity (Wildman–Crippen MR) is 69.4 cm³/mol. The van der Waals surface area contributed by atoms with Crippen LogP contribution in [0, 0.1) is 0 Å². The lowest BCUT2D eigenvalue weighted by Crippen LogP contribution is -2.02. The van der Waals surface area contributed by atoms with Crippen molar-refractivity contribution in [1.29, 1.82) is 0 Å². The lowest BCUT2D eigenvalue weighted by Gasteiger charge is -1.91. The van der Waals surface area contributed by atoms with E-state index in [-0.39, 0.29) is 0 Å². The molecule has 92 valence electrons. The zero-order chi connectivity index (χ0) is 12.4. The smallest absolute Gasteiger partial charge is 0.258 e. The maximum Gasteiger partial charge on any atom is 0.258 e. The summed E-state index contributed by atoms with van der Waals surface area (Å²) in [5.41, 5.74) is 1.81. The summed E-state index contributed by atoms with van der Waals surface area (Å²) in [6.45, 7) is 0.452. The van der Waals surface area contributed by atoms with Crippen molar-refractivity contribution in [3.63, 3.8) is 0 Å². The number of alkyl halides is 1. The van der Waals surface area contributed by atoms with Crippen molar-refractivity contribution in [3.05, 3.63) is 34.5 Å². The molecule has 0 amide bonds. The van der Waals surface area contributed by atoms with Crippen molar-refractivity contribution in [2.45, 2.75) is 11.9 Å². The molecule has 0 aliphatic carbocycles. The van der Waals surface area contributed by atoms with Crippen LogP contribution in [0.2, 0.25) is 0 Å². The molecule has 0 N–H and O–H groups in total. The van der Waals surface area contributed by atoms with E-state index in [1.54, 1.807) is 16.0 Å². The third kappa shape index (κ3) is 2.34. The lowest BCUT2D eigenvalue weighted by molar-refractivity contribution is 0.418. The van der Waals surface area contributed by atoms with Crippen molar-refractivity contribution >= 4 is 27.3 Å². The monoisotopic (exact) mass is 325 g/mol. The number of halogens is 1. The Hall–Kier alpha value is -1.54. The second kappa shape index (κ2) is 4.99. The van der Waals surface area contributed by atoms with Gasteiger partial charge in [0.1, 0.15) is 6.54 Å². The Bertz CT molecular complexity index is 632. The van der Waals surface area contributed by atoms with Crippen molar-refractivity contribution < 1.29 is 4.52 Å².